The Morgan fingerprint density at radius 2 is 0.897 bits per heavy atom. The summed E-state index contributed by atoms with van der Waals surface area (Å²) in [4.78, 5) is 13.4. The third kappa shape index (κ3) is 5.06. The summed E-state index contributed by atoms with van der Waals surface area (Å²) >= 11 is 0. The Morgan fingerprint density at radius 3 is 1.28 bits per heavy atom. The quantitative estimate of drug-likeness (QED) is 0.370. The lowest BCUT2D eigenvalue weighted by Gasteiger charge is -2.11. The molecule has 1 aromatic heterocycles. The van der Waals surface area contributed by atoms with E-state index in [4.69, 9.17) is 0 Å². The van der Waals surface area contributed by atoms with Gasteiger partial charge >= 0.3 is 0 Å². The van der Waals surface area contributed by atoms with Crippen molar-refractivity contribution in [2.45, 2.75) is 6.61 Å². The Bertz CT molecular complexity index is 996. The molecule has 0 bridgehead atoms. The molecule has 29 heavy (non-hydrogen) atoms. The molecular formula is C22H20N6O. The Morgan fingerprint density at radius 1 is 0.517 bits per heavy atom. The lowest BCUT2D eigenvalue weighted by Crippen LogP contribution is -2.07. The summed E-state index contributed by atoms with van der Waals surface area (Å²) in [5.41, 5.74) is 3.40. The Kier molecular flexibility index (Phi) is 5.59. The zero-order valence-electron chi connectivity index (χ0n) is 15.6. The predicted molar refractivity (Wildman–Crippen MR) is 115 cm³/mol. The van der Waals surface area contributed by atoms with Gasteiger partial charge in [-0.05, 0) is 42.0 Å². The van der Waals surface area contributed by atoms with E-state index >= 15 is 0 Å². The van der Waals surface area contributed by atoms with Crippen molar-refractivity contribution in [1.29, 1.82) is 0 Å². The number of hydrogen-bond donors (Lipinski definition) is 4. The summed E-state index contributed by atoms with van der Waals surface area (Å²) in [7, 11) is 0. The second-order valence-corrected chi connectivity index (χ2v) is 6.27. The fourth-order valence-electron chi connectivity index (χ4n) is 2.67. The zero-order chi connectivity index (χ0) is 19.9. The molecule has 144 valence electrons. The maximum absolute atomic E-state index is 9.20. The van der Waals surface area contributed by atoms with Crippen molar-refractivity contribution in [2.75, 3.05) is 16.0 Å². The van der Waals surface area contributed by atoms with Gasteiger partial charge in [-0.2, -0.15) is 15.0 Å². The molecule has 7 heteroatoms. The van der Waals surface area contributed by atoms with Crippen LogP contribution in [0.15, 0.2) is 84.9 Å². The number of aromatic nitrogens is 3. The second-order valence-electron chi connectivity index (χ2n) is 6.27. The van der Waals surface area contributed by atoms with E-state index < -0.39 is 0 Å². The van der Waals surface area contributed by atoms with Gasteiger partial charge in [-0.3, -0.25) is 0 Å². The highest BCUT2D eigenvalue weighted by molar-refractivity contribution is 5.61. The van der Waals surface area contributed by atoms with Gasteiger partial charge in [0.25, 0.3) is 0 Å². The van der Waals surface area contributed by atoms with Gasteiger partial charge in [0.1, 0.15) is 0 Å². The van der Waals surface area contributed by atoms with Crippen LogP contribution < -0.4 is 16.0 Å². The monoisotopic (exact) mass is 384 g/mol. The van der Waals surface area contributed by atoms with Gasteiger partial charge in [-0.1, -0.05) is 48.5 Å². The van der Waals surface area contributed by atoms with Gasteiger partial charge < -0.3 is 21.1 Å². The molecule has 4 N–H and O–H groups in total. The average Bonchev–Trinajstić information content (AvgIpc) is 2.76. The number of nitrogens with one attached hydrogen (secondary N) is 3. The lowest BCUT2D eigenvalue weighted by molar-refractivity contribution is 0.282. The molecule has 1 heterocycles. The van der Waals surface area contributed by atoms with Crippen LogP contribution in [0.4, 0.5) is 34.9 Å². The summed E-state index contributed by atoms with van der Waals surface area (Å²) in [5, 5.41) is 18.8. The number of aliphatic hydroxyl groups is 1. The van der Waals surface area contributed by atoms with Crippen molar-refractivity contribution in [3.63, 3.8) is 0 Å². The van der Waals surface area contributed by atoms with E-state index in [1.54, 1.807) is 0 Å². The first kappa shape index (κ1) is 18.4. The molecular weight excluding hydrogens is 364 g/mol. The fraction of sp³-hybridized carbons (Fsp3) is 0.0455. The standard InChI is InChI=1S/C22H20N6O/c29-15-16-11-13-19(14-12-16)25-22-27-20(23-17-7-3-1-4-8-17)26-21(28-22)24-18-9-5-2-6-10-18/h1-14,29H,15H2,(H3,23,24,25,26,27,28). The number of anilines is 6. The van der Waals surface area contributed by atoms with Crippen molar-refractivity contribution < 1.29 is 5.11 Å². The Labute approximate surface area is 168 Å². The molecule has 3 aromatic carbocycles. The van der Waals surface area contributed by atoms with Crippen LogP contribution in [-0.4, -0.2) is 20.1 Å². The van der Waals surface area contributed by atoms with Crippen LogP contribution in [0.2, 0.25) is 0 Å². The smallest absolute Gasteiger partial charge is 0.233 e. The summed E-state index contributed by atoms with van der Waals surface area (Å²) < 4.78 is 0. The highest BCUT2D eigenvalue weighted by atomic mass is 16.3. The number of benzene rings is 3. The number of hydrogen-bond acceptors (Lipinski definition) is 7. The van der Waals surface area contributed by atoms with Gasteiger partial charge in [-0.25, -0.2) is 0 Å². The zero-order valence-corrected chi connectivity index (χ0v) is 15.6. The molecule has 4 rings (SSSR count). The maximum Gasteiger partial charge on any atom is 0.233 e. The van der Waals surface area contributed by atoms with Crippen LogP contribution in [-0.2, 0) is 6.61 Å². The Balaban J connectivity index is 1.62. The molecule has 0 aliphatic heterocycles. The number of para-hydroxylation sites is 2. The predicted octanol–water partition coefficient (Wildman–Crippen LogP) is 4.59. The first-order valence-electron chi connectivity index (χ1n) is 9.15. The topological polar surface area (TPSA) is 95.0 Å². The van der Waals surface area contributed by atoms with E-state index in [-0.39, 0.29) is 6.61 Å². The van der Waals surface area contributed by atoms with E-state index in [0.29, 0.717) is 17.8 Å². The van der Waals surface area contributed by atoms with Crippen molar-refractivity contribution in [2.24, 2.45) is 0 Å². The lowest BCUT2D eigenvalue weighted by atomic mass is 10.2. The molecule has 7 nitrogen and oxygen atoms in total. The third-order valence-electron chi connectivity index (χ3n) is 4.09. The highest BCUT2D eigenvalue weighted by Gasteiger charge is 2.08. The first-order valence-corrected chi connectivity index (χ1v) is 9.15. The summed E-state index contributed by atoms with van der Waals surface area (Å²) in [6.45, 7) is 0.00231. The minimum absolute atomic E-state index is 0.00231. The largest absolute Gasteiger partial charge is 0.392 e. The SMILES string of the molecule is OCc1ccc(Nc2nc(Nc3ccccc3)nc(Nc3ccccc3)n2)cc1. The molecule has 0 aliphatic rings. The van der Waals surface area contributed by atoms with Gasteiger partial charge in [-0.15, -0.1) is 0 Å². The van der Waals surface area contributed by atoms with Crippen LogP contribution in [0.5, 0.6) is 0 Å². The molecule has 0 amide bonds. The van der Waals surface area contributed by atoms with Crippen LogP contribution in [0.1, 0.15) is 5.56 Å². The molecule has 0 radical (unpaired) electrons. The van der Waals surface area contributed by atoms with E-state index in [1.807, 2.05) is 84.9 Å². The van der Waals surface area contributed by atoms with Gasteiger partial charge in [0.2, 0.25) is 17.8 Å². The van der Waals surface area contributed by atoms with E-state index in [2.05, 4.69) is 30.9 Å². The molecule has 0 atom stereocenters. The van der Waals surface area contributed by atoms with Crippen molar-refractivity contribution in [1.82, 2.24) is 15.0 Å². The minimum Gasteiger partial charge on any atom is -0.392 e. The van der Waals surface area contributed by atoms with Crippen LogP contribution in [0, 0.1) is 0 Å². The Hall–Kier alpha value is -3.97. The van der Waals surface area contributed by atoms with Crippen LogP contribution in [0.25, 0.3) is 0 Å². The second kappa shape index (κ2) is 8.81. The van der Waals surface area contributed by atoms with Crippen molar-refractivity contribution in [3.05, 3.63) is 90.5 Å². The van der Waals surface area contributed by atoms with Crippen LogP contribution >= 0.6 is 0 Å². The summed E-state index contributed by atoms with van der Waals surface area (Å²) in [6, 6.07) is 26.8. The van der Waals surface area contributed by atoms with Crippen molar-refractivity contribution >= 4 is 34.9 Å². The number of nitrogens with zero attached hydrogens (tertiary/aromatic N) is 3. The van der Waals surface area contributed by atoms with E-state index in [1.165, 1.54) is 0 Å². The molecule has 0 saturated carbocycles. The van der Waals surface area contributed by atoms with Crippen molar-refractivity contribution in [3.8, 4) is 0 Å². The minimum atomic E-state index is 0.00231. The number of aliphatic hydroxyl groups excluding tert-OH is 1. The van der Waals surface area contributed by atoms with Gasteiger partial charge in [0, 0.05) is 17.1 Å². The molecule has 4 aromatic rings. The molecule has 0 fully saturated rings. The van der Waals surface area contributed by atoms with Gasteiger partial charge in [0.05, 0.1) is 6.61 Å². The highest BCUT2D eigenvalue weighted by Crippen LogP contribution is 2.21. The van der Waals surface area contributed by atoms with E-state index in [9.17, 15) is 5.11 Å². The maximum atomic E-state index is 9.20. The summed E-state index contributed by atoms with van der Waals surface area (Å²) in [6.07, 6.45) is 0. The third-order valence-corrected chi connectivity index (χ3v) is 4.09. The molecule has 0 spiro atoms. The molecule has 0 aliphatic carbocycles. The number of rotatable bonds is 7. The first-order chi connectivity index (χ1) is 14.3. The van der Waals surface area contributed by atoms with E-state index in [0.717, 1.165) is 22.6 Å². The average molecular weight is 384 g/mol. The van der Waals surface area contributed by atoms with Gasteiger partial charge in [0.15, 0.2) is 0 Å². The molecule has 0 saturated heterocycles. The summed E-state index contributed by atoms with van der Waals surface area (Å²) in [5.74, 6) is 1.23. The normalized spacial score (nSPS) is 10.4. The van der Waals surface area contributed by atoms with Crippen LogP contribution in [0.3, 0.4) is 0 Å². The fourth-order valence-corrected chi connectivity index (χ4v) is 2.67. The molecule has 0 unspecified atom stereocenters.